The second kappa shape index (κ2) is 7.36. The molecule has 2 aromatic carbocycles. The fourth-order valence-electron chi connectivity index (χ4n) is 2.20. The number of allylic oxidation sites excluding steroid dienone is 1. The molecule has 0 heterocycles. The molecule has 0 fully saturated rings. The van der Waals surface area contributed by atoms with E-state index in [-0.39, 0.29) is 16.9 Å². The number of phenols is 2. The van der Waals surface area contributed by atoms with Gasteiger partial charge in [0.05, 0.1) is 12.7 Å². The molecule has 138 valence electrons. The van der Waals surface area contributed by atoms with Crippen molar-refractivity contribution in [3.63, 3.8) is 0 Å². The Morgan fingerprint density at radius 2 is 1.85 bits per heavy atom. The van der Waals surface area contributed by atoms with Crippen LogP contribution in [0.15, 0.2) is 47.9 Å². The lowest BCUT2D eigenvalue weighted by Gasteiger charge is -2.15. The van der Waals surface area contributed by atoms with Crippen LogP contribution in [0.2, 0.25) is 0 Å². The average molecular weight is 380 g/mol. The summed E-state index contributed by atoms with van der Waals surface area (Å²) >= 11 is 0. The largest absolute Gasteiger partial charge is 0.504 e. The van der Waals surface area contributed by atoms with E-state index in [1.54, 1.807) is 0 Å². The average Bonchev–Trinajstić information content (AvgIpc) is 2.61. The second-order valence-corrected chi connectivity index (χ2v) is 6.66. The zero-order valence-electron chi connectivity index (χ0n) is 13.7. The highest BCUT2D eigenvalue weighted by Crippen LogP contribution is 2.42. The van der Waals surface area contributed by atoms with Gasteiger partial charge in [-0.2, -0.15) is 8.42 Å². The van der Waals surface area contributed by atoms with Gasteiger partial charge in [0.15, 0.2) is 11.5 Å². The number of carboxylic acid groups (broad SMARTS) is 1. The van der Waals surface area contributed by atoms with Crippen molar-refractivity contribution in [3.05, 3.63) is 54.1 Å². The molecule has 0 radical (unpaired) electrons. The first-order valence-electron chi connectivity index (χ1n) is 7.21. The number of aromatic carboxylic acids is 1. The van der Waals surface area contributed by atoms with E-state index in [1.165, 1.54) is 37.5 Å². The van der Waals surface area contributed by atoms with Crippen molar-refractivity contribution in [3.8, 4) is 23.0 Å². The summed E-state index contributed by atoms with van der Waals surface area (Å²) < 4.78 is 34.8. The van der Waals surface area contributed by atoms with Gasteiger partial charge < -0.3 is 24.2 Å². The number of rotatable bonds is 7. The highest BCUT2D eigenvalue weighted by atomic mass is 32.2. The van der Waals surface area contributed by atoms with E-state index in [1.807, 2.05) is 0 Å². The minimum Gasteiger partial charge on any atom is -0.504 e. The van der Waals surface area contributed by atoms with Crippen molar-refractivity contribution in [2.24, 2.45) is 0 Å². The van der Waals surface area contributed by atoms with Crippen LogP contribution in [0.4, 0.5) is 0 Å². The Morgan fingerprint density at radius 3 is 2.35 bits per heavy atom. The Kier molecular flexibility index (Phi) is 5.41. The van der Waals surface area contributed by atoms with Crippen LogP contribution in [0.25, 0.3) is 0 Å². The Labute approximate surface area is 149 Å². The van der Waals surface area contributed by atoms with Crippen LogP contribution in [0.5, 0.6) is 23.0 Å². The molecular formula is C17H16O8S. The topological polar surface area (TPSA) is 130 Å². The maximum absolute atomic E-state index is 12.5. The summed E-state index contributed by atoms with van der Waals surface area (Å²) in [5, 5.41) is 29.0. The summed E-state index contributed by atoms with van der Waals surface area (Å²) in [6, 6.07) is 6.04. The number of phenolic OH excluding ortho intramolecular Hbond substituents is 2. The van der Waals surface area contributed by atoms with Gasteiger partial charge in [-0.15, -0.1) is 6.58 Å². The molecule has 0 aliphatic heterocycles. The normalized spacial score (nSPS) is 11.0. The first-order valence-corrected chi connectivity index (χ1v) is 8.62. The first kappa shape index (κ1) is 19.1. The van der Waals surface area contributed by atoms with Gasteiger partial charge in [0.1, 0.15) is 10.6 Å². The number of carbonyl (C=O) groups is 1. The molecule has 0 atom stereocenters. The summed E-state index contributed by atoms with van der Waals surface area (Å²) in [6.45, 7) is 3.47. The maximum atomic E-state index is 12.5. The van der Waals surface area contributed by atoms with Crippen LogP contribution in [-0.2, 0) is 16.5 Å². The maximum Gasteiger partial charge on any atom is 0.339 e. The van der Waals surface area contributed by atoms with Gasteiger partial charge in [-0.05, 0) is 36.8 Å². The van der Waals surface area contributed by atoms with E-state index in [2.05, 4.69) is 6.58 Å². The number of aromatic hydroxyl groups is 2. The van der Waals surface area contributed by atoms with Gasteiger partial charge in [-0.25, -0.2) is 4.79 Å². The monoisotopic (exact) mass is 380 g/mol. The zero-order valence-corrected chi connectivity index (χ0v) is 14.5. The third kappa shape index (κ3) is 3.72. The molecule has 26 heavy (non-hydrogen) atoms. The molecule has 0 bridgehead atoms. The fourth-order valence-corrected chi connectivity index (χ4v) is 3.17. The van der Waals surface area contributed by atoms with E-state index >= 15 is 0 Å². The molecule has 8 nitrogen and oxygen atoms in total. The quantitative estimate of drug-likeness (QED) is 0.379. The SMILES string of the molecule is C=CCc1c(C(=O)O)cc(O)c(O)c1OS(=O)(=O)c1ccc(OC)cc1. The van der Waals surface area contributed by atoms with E-state index in [4.69, 9.17) is 8.92 Å². The number of ether oxygens (including phenoxy) is 1. The minimum atomic E-state index is -4.41. The lowest BCUT2D eigenvalue weighted by atomic mass is 10.0. The van der Waals surface area contributed by atoms with Crippen molar-refractivity contribution < 1.29 is 37.5 Å². The predicted molar refractivity (Wildman–Crippen MR) is 91.4 cm³/mol. The van der Waals surface area contributed by atoms with E-state index in [0.717, 1.165) is 6.07 Å². The molecule has 3 N–H and O–H groups in total. The van der Waals surface area contributed by atoms with Crippen molar-refractivity contribution in [2.45, 2.75) is 11.3 Å². The standard InChI is InChI=1S/C17H16O8S/c1-3-4-12-13(17(20)21)9-14(18)15(19)16(12)25-26(22,23)11-7-5-10(24-2)6-8-11/h3,5-9,18-19H,1,4H2,2H3,(H,20,21). The van der Waals surface area contributed by atoms with Gasteiger partial charge in [-0.3, -0.25) is 0 Å². The van der Waals surface area contributed by atoms with Crippen molar-refractivity contribution in [2.75, 3.05) is 7.11 Å². The summed E-state index contributed by atoms with van der Waals surface area (Å²) in [7, 11) is -3.00. The molecule has 9 heteroatoms. The van der Waals surface area contributed by atoms with Crippen LogP contribution >= 0.6 is 0 Å². The van der Waals surface area contributed by atoms with Crippen LogP contribution in [0.1, 0.15) is 15.9 Å². The Bertz CT molecular complexity index is 946. The molecule has 0 aliphatic rings. The van der Waals surface area contributed by atoms with Crippen LogP contribution < -0.4 is 8.92 Å². The fraction of sp³-hybridized carbons (Fsp3) is 0.118. The third-order valence-electron chi connectivity index (χ3n) is 3.46. The van der Waals surface area contributed by atoms with Gasteiger partial charge in [-0.1, -0.05) is 6.08 Å². The molecule has 0 saturated heterocycles. The number of carboxylic acids is 1. The van der Waals surface area contributed by atoms with Gasteiger partial charge in [0, 0.05) is 5.56 Å². The highest BCUT2D eigenvalue weighted by molar-refractivity contribution is 7.87. The molecule has 2 aromatic rings. The summed E-state index contributed by atoms with van der Waals surface area (Å²) in [5.41, 5.74) is -0.556. The van der Waals surface area contributed by atoms with Gasteiger partial charge in [0.25, 0.3) is 0 Å². The first-order chi connectivity index (χ1) is 12.2. The predicted octanol–water partition coefficient (Wildman–Crippen LogP) is 2.30. The van der Waals surface area contributed by atoms with Gasteiger partial charge in [0.2, 0.25) is 5.75 Å². The molecule has 0 aromatic heterocycles. The molecular weight excluding hydrogens is 364 g/mol. The Balaban J connectivity index is 2.59. The smallest absolute Gasteiger partial charge is 0.339 e. The number of hydrogen-bond donors (Lipinski definition) is 3. The van der Waals surface area contributed by atoms with Crippen molar-refractivity contribution >= 4 is 16.1 Å². The Hall–Kier alpha value is -3.20. The lowest BCUT2D eigenvalue weighted by molar-refractivity contribution is 0.0695. The van der Waals surface area contributed by atoms with E-state index in [0.29, 0.717) is 5.75 Å². The number of methoxy groups -OCH3 is 1. The minimum absolute atomic E-state index is 0.108. The zero-order chi connectivity index (χ0) is 19.5. The second-order valence-electron chi connectivity index (χ2n) is 5.11. The van der Waals surface area contributed by atoms with Crippen LogP contribution in [0.3, 0.4) is 0 Å². The van der Waals surface area contributed by atoms with E-state index < -0.39 is 38.9 Å². The third-order valence-corrected chi connectivity index (χ3v) is 4.69. The molecule has 0 spiro atoms. The summed E-state index contributed by atoms with van der Waals surface area (Å²) in [5.74, 6) is -3.38. The molecule has 0 unspecified atom stereocenters. The number of hydrogen-bond acceptors (Lipinski definition) is 7. The van der Waals surface area contributed by atoms with Crippen LogP contribution in [-0.4, -0.2) is 36.8 Å². The molecule has 2 rings (SSSR count). The summed E-state index contributed by atoms with van der Waals surface area (Å²) in [4.78, 5) is 11.1. The van der Waals surface area contributed by atoms with E-state index in [9.17, 15) is 28.5 Å². The highest BCUT2D eigenvalue weighted by Gasteiger charge is 2.27. The van der Waals surface area contributed by atoms with Crippen molar-refractivity contribution in [1.29, 1.82) is 0 Å². The van der Waals surface area contributed by atoms with Crippen molar-refractivity contribution in [1.82, 2.24) is 0 Å². The van der Waals surface area contributed by atoms with Gasteiger partial charge >= 0.3 is 16.1 Å². The molecule has 0 saturated carbocycles. The van der Waals surface area contributed by atoms with Crippen LogP contribution in [0, 0.1) is 0 Å². The summed E-state index contributed by atoms with van der Waals surface area (Å²) in [6.07, 6.45) is 1.20. The Morgan fingerprint density at radius 1 is 1.23 bits per heavy atom. The number of benzene rings is 2. The lowest BCUT2D eigenvalue weighted by Crippen LogP contribution is -2.13. The molecule has 0 amide bonds. The molecule has 0 aliphatic carbocycles.